The number of rotatable bonds is 2. The van der Waals surface area contributed by atoms with Gasteiger partial charge in [0.25, 0.3) is 5.91 Å². The molecule has 1 aromatic carbocycles. The molecule has 1 unspecified atom stereocenters. The lowest BCUT2D eigenvalue weighted by molar-refractivity contribution is -0.120. The predicted molar refractivity (Wildman–Crippen MR) is 76.8 cm³/mol. The molecular formula is C14H15BrF2N2O2. The Hall–Kier alpha value is -1.50. The van der Waals surface area contributed by atoms with Crippen LogP contribution >= 0.6 is 15.9 Å². The molecule has 114 valence electrons. The van der Waals surface area contributed by atoms with Gasteiger partial charge in [0, 0.05) is 30.5 Å². The molecule has 0 saturated carbocycles. The molecule has 0 aliphatic carbocycles. The zero-order valence-electron chi connectivity index (χ0n) is 11.5. The number of benzene rings is 1. The van der Waals surface area contributed by atoms with Crippen LogP contribution in [0.1, 0.15) is 30.1 Å². The number of nitrogens with one attached hydrogen (secondary N) is 1. The zero-order valence-corrected chi connectivity index (χ0v) is 13.0. The van der Waals surface area contributed by atoms with E-state index < -0.39 is 23.1 Å². The van der Waals surface area contributed by atoms with Crippen LogP contribution in [0.5, 0.6) is 0 Å². The molecule has 1 aliphatic rings. The van der Waals surface area contributed by atoms with Gasteiger partial charge < -0.3 is 10.2 Å². The van der Waals surface area contributed by atoms with Crippen molar-refractivity contribution in [1.82, 2.24) is 10.2 Å². The molecule has 0 aromatic heterocycles. The third-order valence-electron chi connectivity index (χ3n) is 3.34. The van der Waals surface area contributed by atoms with E-state index in [4.69, 9.17) is 0 Å². The Kier molecular flexibility index (Phi) is 4.92. The van der Waals surface area contributed by atoms with Crippen LogP contribution < -0.4 is 5.32 Å². The van der Waals surface area contributed by atoms with Crippen molar-refractivity contribution in [2.45, 2.75) is 25.8 Å². The van der Waals surface area contributed by atoms with E-state index in [0.29, 0.717) is 13.0 Å². The van der Waals surface area contributed by atoms with Crippen molar-refractivity contribution >= 4 is 27.7 Å². The van der Waals surface area contributed by atoms with Gasteiger partial charge in [0.05, 0.1) is 0 Å². The second-order valence-corrected chi connectivity index (χ2v) is 5.95. The lowest BCUT2D eigenvalue weighted by Gasteiger charge is -2.33. The highest BCUT2D eigenvalue weighted by molar-refractivity contribution is 9.10. The molecule has 1 fully saturated rings. The van der Waals surface area contributed by atoms with Gasteiger partial charge >= 0.3 is 0 Å². The summed E-state index contributed by atoms with van der Waals surface area (Å²) in [5.41, 5.74) is -0.554. The van der Waals surface area contributed by atoms with E-state index in [2.05, 4.69) is 21.2 Å². The van der Waals surface area contributed by atoms with Gasteiger partial charge in [-0.15, -0.1) is 0 Å². The molecule has 1 saturated heterocycles. The molecule has 4 nitrogen and oxygen atoms in total. The normalized spacial score (nSPS) is 18.5. The highest BCUT2D eigenvalue weighted by atomic mass is 79.9. The van der Waals surface area contributed by atoms with E-state index in [0.717, 1.165) is 18.6 Å². The summed E-state index contributed by atoms with van der Waals surface area (Å²) in [7, 11) is 0. The van der Waals surface area contributed by atoms with Crippen LogP contribution in [0.2, 0.25) is 0 Å². The first kappa shape index (κ1) is 15.9. The van der Waals surface area contributed by atoms with Crippen molar-refractivity contribution < 1.29 is 18.4 Å². The van der Waals surface area contributed by atoms with E-state index in [1.54, 1.807) is 0 Å². The average Bonchev–Trinajstić information content (AvgIpc) is 2.36. The first-order valence-corrected chi connectivity index (χ1v) is 7.38. The summed E-state index contributed by atoms with van der Waals surface area (Å²) in [6.45, 7) is 2.08. The van der Waals surface area contributed by atoms with Crippen LogP contribution in [0.4, 0.5) is 8.78 Å². The SMILES string of the molecule is CC(=O)NC1CCCN(C(=O)c2c(F)cc(Br)cc2F)C1. The standard InChI is InChI=1S/C14H15BrF2N2O2/c1-8(20)18-10-3-2-4-19(7-10)14(21)13-11(16)5-9(15)6-12(13)17/h5-6,10H,2-4,7H2,1H3,(H,18,20). The van der Waals surface area contributed by atoms with Crippen molar-refractivity contribution in [2.24, 2.45) is 0 Å². The van der Waals surface area contributed by atoms with E-state index in [1.165, 1.54) is 11.8 Å². The first-order valence-electron chi connectivity index (χ1n) is 6.59. The number of piperidine rings is 1. The minimum absolute atomic E-state index is 0.179. The fraction of sp³-hybridized carbons (Fsp3) is 0.429. The van der Waals surface area contributed by atoms with Crippen molar-refractivity contribution in [3.8, 4) is 0 Å². The van der Waals surface area contributed by atoms with Crippen molar-refractivity contribution in [2.75, 3.05) is 13.1 Å². The Morgan fingerprint density at radius 2 is 1.95 bits per heavy atom. The first-order chi connectivity index (χ1) is 9.88. The minimum Gasteiger partial charge on any atom is -0.352 e. The van der Waals surface area contributed by atoms with Gasteiger partial charge in [-0.3, -0.25) is 9.59 Å². The third-order valence-corrected chi connectivity index (χ3v) is 3.79. The van der Waals surface area contributed by atoms with Crippen LogP contribution in [0.15, 0.2) is 16.6 Å². The van der Waals surface area contributed by atoms with Gasteiger partial charge in [0.2, 0.25) is 5.91 Å². The number of carbonyl (C=O) groups is 2. The fourth-order valence-corrected chi connectivity index (χ4v) is 2.87. The van der Waals surface area contributed by atoms with Crippen LogP contribution in [-0.2, 0) is 4.79 Å². The molecule has 7 heteroatoms. The van der Waals surface area contributed by atoms with Gasteiger partial charge in [0.15, 0.2) is 0 Å². The summed E-state index contributed by atoms with van der Waals surface area (Å²) in [5.74, 6) is -2.66. The fourth-order valence-electron chi connectivity index (χ4n) is 2.47. The molecule has 0 spiro atoms. The van der Waals surface area contributed by atoms with E-state index in [-0.39, 0.29) is 23.0 Å². The molecular weight excluding hydrogens is 346 g/mol. The van der Waals surface area contributed by atoms with Crippen molar-refractivity contribution in [3.63, 3.8) is 0 Å². The molecule has 1 aliphatic heterocycles. The van der Waals surface area contributed by atoms with E-state index in [1.807, 2.05) is 0 Å². The minimum atomic E-state index is -0.895. The largest absolute Gasteiger partial charge is 0.352 e. The van der Waals surface area contributed by atoms with Crippen molar-refractivity contribution in [3.05, 3.63) is 33.8 Å². The average molecular weight is 361 g/mol. The Bertz CT molecular complexity index is 557. The summed E-state index contributed by atoms with van der Waals surface area (Å²) >= 11 is 2.98. The smallest absolute Gasteiger partial charge is 0.259 e. The third kappa shape index (κ3) is 3.78. The van der Waals surface area contributed by atoms with Crippen molar-refractivity contribution in [1.29, 1.82) is 0 Å². The number of halogens is 3. The maximum absolute atomic E-state index is 13.8. The van der Waals surface area contributed by atoms with Gasteiger partial charge in [-0.2, -0.15) is 0 Å². The van der Waals surface area contributed by atoms with Gasteiger partial charge in [-0.05, 0) is 25.0 Å². The van der Waals surface area contributed by atoms with Gasteiger partial charge in [-0.25, -0.2) is 8.78 Å². The molecule has 2 rings (SSSR count). The number of carbonyl (C=O) groups excluding carboxylic acids is 2. The summed E-state index contributed by atoms with van der Waals surface area (Å²) < 4.78 is 27.9. The predicted octanol–water partition coefficient (Wildman–Crippen LogP) is 2.47. The maximum Gasteiger partial charge on any atom is 0.259 e. The van der Waals surface area contributed by atoms with Gasteiger partial charge in [-0.1, -0.05) is 15.9 Å². The van der Waals surface area contributed by atoms with E-state index in [9.17, 15) is 18.4 Å². The number of hydrogen-bond donors (Lipinski definition) is 1. The van der Waals surface area contributed by atoms with Crippen LogP contribution in [0.3, 0.4) is 0 Å². The molecule has 1 aromatic rings. The van der Waals surface area contributed by atoms with E-state index >= 15 is 0 Å². The quantitative estimate of drug-likeness (QED) is 0.880. The monoisotopic (exact) mass is 360 g/mol. The second-order valence-electron chi connectivity index (χ2n) is 5.04. The Morgan fingerprint density at radius 3 is 2.52 bits per heavy atom. The maximum atomic E-state index is 13.8. The topological polar surface area (TPSA) is 49.4 Å². The second kappa shape index (κ2) is 6.51. The van der Waals surface area contributed by atoms with Crippen LogP contribution in [-0.4, -0.2) is 35.8 Å². The summed E-state index contributed by atoms with van der Waals surface area (Å²) in [5, 5.41) is 2.73. The highest BCUT2D eigenvalue weighted by Gasteiger charge is 2.28. The molecule has 0 bridgehead atoms. The molecule has 2 amide bonds. The summed E-state index contributed by atoms with van der Waals surface area (Å²) in [6.07, 6.45) is 1.42. The van der Waals surface area contributed by atoms with Crippen LogP contribution in [0, 0.1) is 11.6 Å². The lowest BCUT2D eigenvalue weighted by Crippen LogP contribution is -2.49. The Labute approximate surface area is 129 Å². The Morgan fingerprint density at radius 1 is 1.33 bits per heavy atom. The van der Waals surface area contributed by atoms with Gasteiger partial charge in [0.1, 0.15) is 17.2 Å². The molecule has 1 atom stereocenters. The molecule has 1 heterocycles. The number of nitrogens with zero attached hydrogens (tertiary/aromatic N) is 1. The summed E-state index contributed by atoms with van der Waals surface area (Å²) in [6, 6.07) is 1.94. The zero-order chi connectivity index (χ0) is 15.6. The molecule has 0 radical (unpaired) electrons. The van der Waals surface area contributed by atoms with Crippen LogP contribution in [0.25, 0.3) is 0 Å². The Balaban J connectivity index is 2.18. The highest BCUT2D eigenvalue weighted by Crippen LogP contribution is 2.22. The molecule has 21 heavy (non-hydrogen) atoms. The number of amides is 2. The number of hydrogen-bond acceptors (Lipinski definition) is 2. The molecule has 1 N–H and O–H groups in total. The lowest BCUT2D eigenvalue weighted by atomic mass is 10.0. The number of likely N-dealkylation sites (tertiary alicyclic amines) is 1. The summed E-state index contributed by atoms with van der Waals surface area (Å²) in [4.78, 5) is 24.7.